The Hall–Kier alpha value is -3.82. The fourth-order valence-electron chi connectivity index (χ4n) is 4.03. The van der Waals surface area contributed by atoms with Crippen LogP contribution in [-0.4, -0.2) is 16.6 Å². The number of aromatic nitrogens is 1. The number of halogens is 1. The molecule has 1 amide bonds. The number of rotatable bonds is 7. The number of amides is 1. The van der Waals surface area contributed by atoms with E-state index in [4.69, 9.17) is 4.74 Å². The van der Waals surface area contributed by atoms with Crippen LogP contribution in [0.5, 0.6) is 5.75 Å². The van der Waals surface area contributed by atoms with E-state index in [9.17, 15) is 10.1 Å². The molecule has 5 nitrogen and oxygen atoms in total. The number of hydrogen-bond acceptors (Lipinski definition) is 3. The zero-order valence-electron chi connectivity index (χ0n) is 19.9. The summed E-state index contributed by atoms with van der Waals surface area (Å²) in [6.45, 7) is 6.59. The van der Waals surface area contributed by atoms with Crippen LogP contribution in [0.2, 0.25) is 0 Å². The lowest BCUT2D eigenvalue weighted by Crippen LogP contribution is -2.14. The smallest absolute Gasteiger partial charge is 0.266 e. The fourth-order valence-corrected chi connectivity index (χ4v) is 4.29. The van der Waals surface area contributed by atoms with Crippen molar-refractivity contribution in [2.45, 2.75) is 33.4 Å². The molecule has 0 aliphatic rings. The fraction of sp³-hybridized carbons (Fsp3) is 0.172. The maximum atomic E-state index is 13.0. The Morgan fingerprint density at radius 2 is 1.86 bits per heavy atom. The Bertz CT molecular complexity index is 1440. The molecule has 1 aromatic heterocycles. The van der Waals surface area contributed by atoms with E-state index in [1.54, 1.807) is 18.2 Å². The first-order valence-corrected chi connectivity index (χ1v) is 12.2. The second kappa shape index (κ2) is 10.6. The molecule has 0 radical (unpaired) electrons. The van der Waals surface area contributed by atoms with Gasteiger partial charge in [0.25, 0.3) is 5.91 Å². The number of hydrogen-bond donors (Lipinski definition) is 1. The maximum absolute atomic E-state index is 13.0. The van der Waals surface area contributed by atoms with Crippen LogP contribution in [0.15, 0.2) is 82.8 Å². The average molecular weight is 528 g/mol. The van der Waals surface area contributed by atoms with Gasteiger partial charge < -0.3 is 14.6 Å². The van der Waals surface area contributed by atoms with Crippen LogP contribution in [0, 0.1) is 18.3 Å². The van der Waals surface area contributed by atoms with E-state index >= 15 is 0 Å². The summed E-state index contributed by atoms with van der Waals surface area (Å²) in [4.78, 5) is 13.0. The second-order valence-corrected chi connectivity index (χ2v) is 9.46. The summed E-state index contributed by atoms with van der Waals surface area (Å²) in [5, 5.41) is 13.6. The van der Waals surface area contributed by atoms with Crippen LogP contribution in [0.4, 0.5) is 5.69 Å². The predicted octanol–water partition coefficient (Wildman–Crippen LogP) is 7.09. The van der Waals surface area contributed by atoms with Gasteiger partial charge >= 0.3 is 0 Å². The van der Waals surface area contributed by atoms with Crippen LogP contribution in [0.1, 0.15) is 30.7 Å². The van der Waals surface area contributed by atoms with Crippen LogP contribution in [-0.2, 0) is 11.3 Å². The molecular weight excluding hydrogens is 502 g/mol. The van der Waals surface area contributed by atoms with Gasteiger partial charge in [0.1, 0.15) is 17.4 Å². The summed E-state index contributed by atoms with van der Waals surface area (Å²) >= 11 is 3.49. The zero-order chi connectivity index (χ0) is 24.9. The number of para-hydroxylation sites is 1. The van der Waals surface area contributed by atoms with Crippen LogP contribution >= 0.6 is 15.9 Å². The number of ether oxygens (including phenoxy) is 1. The molecule has 0 atom stereocenters. The Labute approximate surface area is 213 Å². The van der Waals surface area contributed by atoms with E-state index in [1.807, 2.05) is 63.2 Å². The molecule has 1 N–H and O–H groups in total. The molecule has 0 aliphatic heterocycles. The Morgan fingerprint density at radius 1 is 1.11 bits per heavy atom. The molecule has 0 fully saturated rings. The Kier molecular flexibility index (Phi) is 7.38. The van der Waals surface area contributed by atoms with Crippen molar-refractivity contribution in [2.75, 3.05) is 5.32 Å². The summed E-state index contributed by atoms with van der Waals surface area (Å²) in [6, 6.07) is 25.5. The van der Waals surface area contributed by atoms with Crippen LogP contribution in [0.25, 0.3) is 17.0 Å². The quantitative estimate of drug-likeness (QED) is 0.206. The lowest BCUT2D eigenvalue weighted by molar-refractivity contribution is -0.112. The van der Waals surface area contributed by atoms with E-state index in [2.05, 4.69) is 50.1 Å². The predicted molar refractivity (Wildman–Crippen MR) is 144 cm³/mol. The molecule has 6 heteroatoms. The molecule has 0 unspecified atom stereocenters. The molecule has 4 rings (SSSR count). The molecular formula is C29H26BrN3O2. The number of nitrogens with one attached hydrogen (secondary N) is 1. The molecule has 35 heavy (non-hydrogen) atoms. The Balaban J connectivity index is 1.67. The van der Waals surface area contributed by atoms with Crippen molar-refractivity contribution in [1.82, 2.24) is 4.57 Å². The van der Waals surface area contributed by atoms with Crippen LogP contribution < -0.4 is 10.1 Å². The minimum atomic E-state index is -0.460. The second-order valence-electron chi connectivity index (χ2n) is 8.55. The molecule has 4 aromatic rings. The number of nitrogens with zero attached hydrogens (tertiary/aromatic N) is 2. The normalized spacial score (nSPS) is 11.5. The third-order valence-corrected chi connectivity index (χ3v) is 6.18. The van der Waals surface area contributed by atoms with Gasteiger partial charge in [-0.25, -0.2) is 0 Å². The maximum Gasteiger partial charge on any atom is 0.266 e. The van der Waals surface area contributed by atoms with Gasteiger partial charge in [-0.15, -0.1) is 0 Å². The van der Waals surface area contributed by atoms with E-state index in [1.165, 1.54) is 0 Å². The molecule has 1 heterocycles. The van der Waals surface area contributed by atoms with Crippen LogP contribution in [0.3, 0.4) is 0 Å². The van der Waals surface area contributed by atoms with Crippen molar-refractivity contribution in [3.05, 3.63) is 99.7 Å². The van der Waals surface area contributed by atoms with Gasteiger partial charge in [0, 0.05) is 44.9 Å². The van der Waals surface area contributed by atoms with Gasteiger partial charge in [0.15, 0.2) is 0 Å². The number of fused-ring (bicyclic) bond motifs is 1. The van der Waals surface area contributed by atoms with Gasteiger partial charge in [-0.05, 0) is 62.7 Å². The molecule has 0 bridgehead atoms. The number of benzene rings is 3. The molecule has 0 saturated heterocycles. The van der Waals surface area contributed by atoms with Crippen molar-refractivity contribution in [3.63, 3.8) is 0 Å². The number of carbonyl (C=O) groups is 1. The molecule has 0 spiro atoms. The van der Waals surface area contributed by atoms with E-state index in [-0.39, 0.29) is 11.7 Å². The summed E-state index contributed by atoms with van der Waals surface area (Å²) in [6.07, 6.45) is 1.70. The molecule has 176 valence electrons. The van der Waals surface area contributed by atoms with E-state index < -0.39 is 5.91 Å². The number of anilines is 1. The zero-order valence-corrected chi connectivity index (χ0v) is 21.5. The summed E-state index contributed by atoms with van der Waals surface area (Å²) in [5.41, 5.74) is 4.67. The van der Waals surface area contributed by atoms with Crippen molar-refractivity contribution >= 4 is 44.5 Å². The van der Waals surface area contributed by atoms with E-state index in [0.29, 0.717) is 18.0 Å². The largest absolute Gasteiger partial charge is 0.491 e. The highest BCUT2D eigenvalue weighted by Gasteiger charge is 2.16. The SMILES string of the molecule is Cc1c(/C=C(/C#N)C(=O)Nc2cccc(OC(C)C)c2)c2ccccc2n1Cc1ccc(Br)cc1. The average Bonchev–Trinajstić information content (AvgIpc) is 3.09. The van der Waals surface area contributed by atoms with Gasteiger partial charge in [-0.3, -0.25) is 4.79 Å². The van der Waals surface area contributed by atoms with Crippen molar-refractivity contribution < 1.29 is 9.53 Å². The summed E-state index contributed by atoms with van der Waals surface area (Å²) in [5.74, 6) is 0.200. The first-order chi connectivity index (χ1) is 16.9. The minimum absolute atomic E-state index is 0.0215. The highest BCUT2D eigenvalue weighted by molar-refractivity contribution is 9.10. The summed E-state index contributed by atoms with van der Waals surface area (Å²) in [7, 11) is 0. The van der Waals surface area contributed by atoms with Gasteiger partial charge in [-0.1, -0.05) is 52.3 Å². The van der Waals surface area contributed by atoms with E-state index in [0.717, 1.165) is 32.2 Å². The van der Waals surface area contributed by atoms with Crippen molar-refractivity contribution in [3.8, 4) is 11.8 Å². The third kappa shape index (κ3) is 5.64. The van der Waals surface area contributed by atoms with Gasteiger partial charge in [-0.2, -0.15) is 5.26 Å². The van der Waals surface area contributed by atoms with Gasteiger partial charge in [0.2, 0.25) is 0 Å². The molecule has 0 aliphatic carbocycles. The lowest BCUT2D eigenvalue weighted by atomic mass is 10.1. The lowest BCUT2D eigenvalue weighted by Gasteiger charge is -2.11. The van der Waals surface area contributed by atoms with Crippen molar-refractivity contribution in [2.24, 2.45) is 0 Å². The monoisotopic (exact) mass is 527 g/mol. The third-order valence-electron chi connectivity index (χ3n) is 5.65. The molecule has 3 aromatic carbocycles. The van der Waals surface area contributed by atoms with Crippen molar-refractivity contribution in [1.29, 1.82) is 5.26 Å². The standard InChI is InChI=1S/C29H26BrN3O2/c1-19(2)35-25-8-6-7-24(16-25)32-29(34)22(17-31)15-27-20(3)33(28-10-5-4-9-26(27)28)18-21-11-13-23(30)14-12-21/h4-16,19H,18H2,1-3H3,(H,32,34)/b22-15-. The minimum Gasteiger partial charge on any atom is -0.491 e. The molecule has 0 saturated carbocycles. The first-order valence-electron chi connectivity index (χ1n) is 11.4. The highest BCUT2D eigenvalue weighted by atomic mass is 79.9. The Morgan fingerprint density at radius 3 is 2.57 bits per heavy atom. The summed E-state index contributed by atoms with van der Waals surface area (Å²) < 4.78 is 8.95. The number of carbonyl (C=O) groups excluding carboxylic acids is 1. The van der Waals surface area contributed by atoms with Gasteiger partial charge in [0.05, 0.1) is 6.10 Å². The number of nitriles is 1. The topological polar surface area (TPSA) is 67.1 Å². The highest BCUT2D eigenvalue weighted by Crippen LogP contribution is 2.29. The first kappa shape index (κ1) is 24.3.